The molecule has 0 saturated carbocycles. The van der Waals surface area contributed by atoms with Gasteiger partial charge in [0.15, 0.2) is 5.69 Å². The van der Waals surface area contributed by atoms with E-state index in [2.05, 4.69) is 9.72 Å². The summed E-state index contributed by atoms with van der Waals surface area (Å²) in [6, 6.07) is 2.96. The van der Waals surface area contributed by atoms with Gasteiger partial charge in [0, 0.05) is 12.3 Å². The van der Waals surface area contributed by atoms with Crippen LogP contribution in [0, 0.1) is 11.3 Å². The summed E-state index contributed by atoms with van der Waals surface area (Å²) < 4.78 is 4.64. The van der Waals surface area contributed by atoms with E-state index in [9.17, 15) is 9.90 Å². The number of esters is 1. The predicted molar refractivity (Wildman–Crippen MR) is 46.6 cm³/mol. The van der Waals surface area contributed by atoms with Crippen molar-refractivity contribution in [1.29, 1.82) is 5.26 Å². The van der Waals surface area contributed by atoms with Gasteiger partial charge in [-0.05, 0) is 6.92 Å². The van der Waals surface area contributed by atoms with Gasteiger partial charge in [0.25, 0.3) is 0 Å². The molecule has 0 bridgehead atoms. The maximum Gasteiger partial charge on any atom is 0.360 e. The summed E-state index contributed by atoms with van der Waals surface area (Å²) in [5.41, 5.74) is 0.0152. The zero-order chi connectivity index (χ0) is 10.6. The molecule has 1 aromatic heterocycles. The van der Waals surface area contributed by atoms with E-state index in [1.165, 1.54) is 12.3 Å². The Morgan fingerprint density at radius 1 is 1.79 bits per heavy atom. The first-order chi connectivity index (χ1) is 6.69. The lowest BCUT2D eigenvalue weighted by atomic mass is 10.2. The van der Waals surface area contributed by atoms with Crippen molar-refractivity contribution in [2.24, 2.45) is 0 Å². The van der Waals surface area contributed by atoms with Crippen LogP contribution in [-0.4, -0.2) is 22.7 Å². The summed E-state index contributed by atoms with van der Waals surface area (Å²) in [5.74, 6) is -1.04. The third-order valence-corrected chi connectivity index (χ3v) is 1.47. The van der Waals surface area contributed by atoms with Crippen LogP contribution in [0.5, 0.6) is 5.75 Å². The molecule has 14 heavy (non-hydrogen) atoms. The highest BCUT2D eigenvalue weighted by Crippen LogP contribution is 2.16. The Morgan fingerprint density at radius 2 is 2.50 bits per heavy atom. The Morgan fingerprint density at radius 3 is 3.00 bits per heavy atom. The Bertz CT molecular complexity index is 396. The largest absolute Gasteiger partial charge is 0.505 e. The number of pyridine rings is 1. The molecule has 1 N–H and O–H groups in total. The maximum absolute atomic E-state index is 11.1. The van der Waals surface area contributed by atoms with Crippen molar-refractivity contribution >= 4 is 5.97 Å². The number of rotatable bonds is 2. The smallest absolute Gasteiger partial charge is 0.360 e. The molecular weight excluding hydrogens is 184 g/mol. The number of nitriles is 1. The first kappa shape index (κ1) is 9.99. The number of carbonyl (C=O) groups excluding carboxylic acids is 1. The van der Waals surface area contributed by atoms with Crippen molar-refractivity contribution in [3.63, 3.8) is 0 Å². The quantitative estimate of drug-likeness (QED) is 0.702. The second-order valence-corrected chi connectivity index (χ2v) is 2.42. The molecule has 0 aliphatic rings. The fraction of sp³-hybridized carbons (Fsp3) is 0.222. The highest BCUT2D eigenvalue weighted by atomic mass is 16.5. The van der Waals surface area contributed by atoms with E-state index in [1.807, 2.05) is 0 Å². The fourth-order valence-corrected chi connectivity index (χ4v) is 0.871. The van der Waals surface area contributed by atoms with Gasteiger partial charge in [-0.1, -0.05) is 0 Å². The summed E-state index contributed by atoms with van der Waals surface area (Å²) >= 11 is 0. The Kier molecular flexibility index (Phi) is 3.02. The van der Waals surface area contributed by atoms with Crippen molar-refractivity contribution in [3.05, 3.63) is 23.5 Å². The highest BCUT2D eigenvalue weighted by Gasteiger charge is 2.14. The lowest BCUT2D eigenvalue weighted by Crippen LogP contribution is -2.07. The van der Waals surface area contributed by atoms with E-state index in [0.717, 1.165) is 0 Å². The predicted octanol–water partition coefficient (Wildman–Crippen LogP) is 0.836. The number of hydrogen-bond donors (Lipinski definition) is 1. The second kappa shape index (κ2) is 4.23. The van der Waals surface area contributed by atoms with Gasteiger partial charge < -0.3 is 9.84 Å². The minimum Gasteiger partial charge on any atom is -0.505 e. The SMILES string of the molecule is CCOC(=O)c1ncc(C#N)cc1O. The lowest BCUT2D eigenvalue weighted by Gasteiger charge is -2.02. The lowest BCUT2D eigenvalue weighted by molar-refractivity contribution is 0.0516. The van der Waals surface area contributed by atoms with Gasteiger partial charge in [0.2, 0.25) is 0 Å². The summed E-state index contributed by atoms with van der Waals surface area (Å²) in [7, 11) is 0. The molecular formula is C9H8N2O3. The van der Waals surface area contributed by atoms with Crippen LogP contribution in [0.4, 0.5) is 0 Å². The maximum atomic E-state index is 11.1. The van der Waals surface area contributed by atoms with E-state index in [1.54, 1.807) is 13.0 Å². The molecule has 0 spiro atoms. The summed E-state index contributed by atoms with van der Waals surface area (Å²) in [4.78, 5) is 14.8. The summed E-state index contributed by atoms with van der Waals surface area (Å²) in [6.45, 7) is 1.86. The number of hydrogen-bond acceptors (Lipinski definition) is 5. The molecule has 0 aromatic carbocycles. The molecule has 5 heteroatoms. The molecule has 5 nitrogen and oxygen atoms in total. The standard InChI is InChI=1S/C9H8N2O3/c1-2-14-9(13)8-7(12)3-6(4-10)5-11-8/h3,5,12H,2H2,1H3. The highest BCUT2D eigenvalue weighted by molar-refractivity contribution is 5.90. The van der Waals surface area contributed by atoms with Gasteiger partial charge in [0.05, 0.1) is 12.2 Å². The van der Waals surface area contributed by atoms with Crippen LogP contribution in [-0.2, 0) is 4.74 Å². The van der Waals surface area contributed by atoms with Gasteiger partial charge in [-0.2, -0.15) is 5.26 Å². The van der Waals surface area contributed by atoms with E-state index in [0.29, 0.717) is 0 Å². The fourth-order valence-electron chi connectivity index (χ4n) is 0.871. The average molecular weight is 192 g/mol. The third kappa shape index (κ3) is 1.98. The summed E-state index contributed by atoms with van der Waals surface area (Å²) in [5, 5.41) is 17.8. The monoisotopic (exact) mass is 192 g/mol. The van der Waals surface area contributed by atoms with Crippen LogP contribution in [0.3, 0.4) is 0 Å². The van der Waals surface area contributed by atoms with Crippen molar-refractivity contribution < 1.29 is 14.6 Å². The second-order valence-electron chi connectivity index (χ2n) is 2.42. The first-order valence-electron chi connectivity index (χ1n) is 3.95. The minimum absolute atomic E-state index is 0.175. The molecule has 0 unspecified atom stereocenters. The zero-order valence-corrected chi connectivity index (χ0v) is 7.52. The molecule has 1 heterocycles. The number of carbonyl (C=O) groups is 1. The van der Waals surface area contributed by atoms with Crippen LogP contribution >= 0.6 is 0 Å². The molecule has 0 atom stereocenters. The van der Waals surface area contributed by atoms with Crippen molar-refractivity contribution in [3.8, 4) is 11.8 Å². The zero-order valence-electron chi connectivity index (χ0n) is 7.52. The molecule has 0 radical (unpaired) electrons. The van der Waals surface area contributed by atoms with Crippen LogP contribution in [0.25, 0.3) is 0 Å². The van der Waals surface area contributed by atoms with Crippen molar-refractivity contribution in [2.75, 3.05) is 6.61 Å². The molecule has 0 fully saturated rings. The average Bonchev–Trinajstić information content (AvgIpc) is 2.17. The van der Waals surface area contributed by atoms with E-state index in [4.69, 9.17) is 5.26 Å². The normalized spacial score (nSPS) is 9.14. The van der Waals surface area contributed by atoms with Crippen LogP contribution in [0.1, 0.15) is 23.0 Å². The van der Waals surface area contributed by atoms with Gasteiger partial charge in [-0.25, -0.2) is 9.78 Å². The molecule has 72 valence electrons. The Hall–Kier alpha value is -2.09. The van der Waals surface area contributed by atoms with E-state index < -0.39 is 5.97 Å². The molecule has 1 rings (SSSR count). The van der Waals surface area contributed by atoms with Gasteiger partial charge in [0.1, 0.15) is 11.8 Å². The topological polar surface area (TPSA) is 83.2 Å². The molecule has 0 aliphatic heterocycles. The Labute approximate surface area is 80.6 Å². The van der Waals surface area contributed by atoms with E-state index in [-0.39, 0.29) is 23.6 Å². The first-order valence-corrected chi connectivity index (χ1v) is 3.95. The van der Waals surface area contributed by atoms with Gasteiger partial charge in [-0.3, -0.25) is 0 Å². The van der Waals surface area contributed by atoms with Crippen LogP contribution in [0.2, 0.25) is 0 Å². The third-order valence-electron chi connectivity index (χ3n) is 1.47. The summed E-state index contributed by atoms with van der Waals surface area (Å²) in [6.07, 6.45) is 1.20. The van der Waals surface area contributed by atoms with Crippen molar-refractivity contribution in [2.45, 2.75) is 6.92 Å². The molecule has 0 aliphatic carbocycles. The van der Waals surface area contributed by atoms with Gasteiger partial charge >= 0.3 is 5.97 Å². The molecule has 0 saturated heterocycles. The number of aromatic hydroxyl groups is 1. The number of ether oxygens (including phenoxy) is 1. The molecule has 1 aromatic rings. The van der Waals surface area contributed by atoms with Crippen molar-refractivity contribution in [1.82, 2.24) is 4.98 Å². The number of aromatic nitrogens is 1. The molecule has 0 amide bonds. The minimum atomic E-state index is -0.700. The number of nitrogens with zero attached hydrogens (tertiary/aromatic N) is 2. The Balaban J connectivity index is 3.01. The van der Waals surface area contributed by atoms with Crippen LogP contribution < -0.4 is 0 Å². The van der Waals surface area contributed by atoms with Crippen LogP contribution in [0.15, 0.2) is 12.3 Å². The van der Waals surface area contributed by atoms with E-state index >= 15 is 0 Å². The van der Waals surface area contributed by atoms with Gasteiger partial charge in [-0.15, -0.1) is 0 Å².